The SMILES string of the molecule is CCN(CCCCCc1ccc(O)c2[nH]c(=O)sc12)C(=O)CCOCCc1cc(CN2CCC3(CC2)CN(C(=O)c2csc(C)n2)CCO3)ccc1Cl. The predicted molar refractivity (Wildman–Crippen MR) is 210 cm³/mol. The van der Waals surface area contributed by atoms with Gasteiger partial charge in [-0.1, -0.05) is 47.6 Å². The number of thiazole rings is 2. The van der Waals surface area contributed by atoms with Crippen molar-refractivity contribution >= 4 is 56.3 Å². The average Bonchev–Trinajstić information content (AvgIpc) is 3.78. The molecule has 0 aliphatic carbocycles. The van der Waals surface area contributed by atoms with Crippen molar-refractivity contribution in [2.45, 2.75) is 77.4 Å². The standard InChI is InChI=1S/C39H50ClN5O6S2/c1-3-44(16-6-4-5-7-29-9-11-33(46)35-36(29)53-38(49)42-35)34(47)13-21-50-20-12-30-23-28(8-10-31(30)40)24-43-17-14-39(15-18-43)26-45(19-22-51-39)37(48)32-25-52-27(2)41-32/h8-11,23,25,46H,3-7,12-22,24,26H2,1-2H3,(H,42,49). The Bertz CT molecular complexity index is 1920. The summed E-state index contributed by atoms with van der Waals surface area (Å²) in [6.45, 7) is 10.5. The fraction of sp³-hybridized carbons (Fsp3) is 0.538. The maximum atomic E-state index is 13.1. The number of aromatic amines is 1. The molecule has 2 aromatic carbocycles. The molecule has 0 radical (unpaired) electrons. The first kappa shape index (κ1) is 39.4. The van der Waals surface area contributed by atoms with Crippen molar-refractivity contribution in [3.63, 3.8) is 0 Å². The average molecular weight is 784 g/mol. The van der Waals surface area contributed by atoms with Gasteiger partial charge in [0.1, 0.15) is 17.0 Å². The third-order valence-electron chi connectivity index (χ3n) is 10.4. The smallest absolute Gasteiger partial charge is 0.305 e. The Morgan fingerprint density at radius 3 is 2.70 bits per heavy atom. The number of ether oxygens (including phenoxy) is 2. The number of H-pyrrole nitrogens is 1. The zero-order valence-corrected chi connectivity index (χ0v) is 33.1. The topological polar surface area (TPSA) is 128 Å². The van der Waals surface area contributed by atoms with E-state index in [2.05, 4.69) is 27.0 Å². The Morgan fingerprint density at radius 2 is 1.92 bits per heavy atom. The van der Waals surface area contributed by atoms with Crippen LogP contribution in [-0.2, 0) is 33.7 Å². The van der Waals surface area contributed by atoms with Crippen molar-refractivity contribution in [2.75, 3.05) is 59.1 Å². The van der Waals surface area contributed by atoms with Crippen molar-refractivity contribution < 1.29 is 24.2 Å². The van der Waals surface area contributed by atoms with Gasteiger partial charge in [-0.05, 0) is 81.2 Å². The van der Waals surface area contributed by atoms with Gasteiger partial charge in [0.05, 0.1) is 48.1 Å². The van der Waals surface area contributed by atoms with E-state index in [0.29, 0.717) is 70.1 Å². The minimum absolute atomic E-state index is 0.000775. The number of phenolic OH excluding ortho intramolecular Hbond substituents is 1. The number of aromatic nitrogens is 2. The van der Waals surface area contributed by atoms with E-state index in [-0.39, 0.29) is 28.0 Å². The Kier molecular flexibility index (Phi) is 13.6. The molecule has 2 N–H and O–H groups in total. The fourth-order valence-electron chi connectivity index (χ4n) is 7.36. The summed E-state index contributed by atoms with van der Waals surface area (Å²) in [4.78, 5) is 50.9. The summed E-state index contributed by atoms with van der Waals surface area (Å²) >= 11 is 9.21. The number of carbonyl (C=O) groups excluding carboxylic acids is 2. The number of aromatic hydroxyl groups is 1. The van der Waals surface area contributed by atoms with Crippen molar-refractivity contribution in [1.82, 2.24) is 24.7 Å². The van der Waals surface area contributed by atoms with Crippen molar-refractivity contribution in [2.24, 2.45) is 0 Å². The highest BCUT2D eigenvalue weighted by Gasteiger charge is 2.41. The van der Waals surface area contributed by atoms with E-state index < -0.39 is 0 Å². The largest absolute Gasteiger partial charge is 0.506 e. The molecule has 11 nitrogen and oxygen atoms in total. The molecule has 4 aromatic rings. The monoisotopic (exact) mass is 783 g/mol. The van der Waals surface area contributed by atoms with Crippen LogP contribution in [0.3, 0.4) is 0 Å². The number of nitrogens with zero attached hydrogens (tertiary/aromatic N) is 4. The van der Waals surface area contributed by atoms with Gasteiger partial charge in [0.25, 0.3) is 5.91 Å². The van der Waals surface area contributed by atoms with E-state index in [1.54, 1.807) is 6.07 Å². The molecule has 14 heteroatoms. The summed E-state index contributed by atoms with van der Waals surface area (Å²) < 4.78 is 13.0. The first-order valence-electron chi connectivity index (χ1n) is 18.7. The number of benzene rings is 2. The first-order chi connectivity index (χ1) is 25.6. The van der Waals surface area contributed by atoms with Gasteiger partial charge in [-0.15, -0.1) is 11.3 Å². The van der Waals surface area contributed by atoms with Crippen LogP contribution < -0.4 is 4.87 Å². The van der Waals surface area contributed by atoms with Gasteiger partial charge in [-0.3, -0.25) is 19.3 Å². The lowest BCUT2D eigenvalue weighted by atomic mass is 9.89. The van der Waals surface area contributed by atoms with Gasteiger partial charge in [0, 0.05) is 49.7 Å². The number of halogens is 1. The van der Waals surface area contributed by atoms with Gasteiger partial charge in [-0.25, -0.2) is 4.98 Å². The number of hydrogen-bond donors (Lipinski definition) is 2. The minimum atomic E-state index is -0.301. The highest BCUT2D eigenvalue weighted by molar-refractivity contribution is 7.16. The van der Waals surface area contributed by atoms with Gasteiger partial charge in [-0.2, -0.15) is 0 Å². The van der Waals surface area contributed by atoms with Crippen molar-refractivity contribution in [3.8, 4) is 5.75 Å². The van der Waals surface area contributed by atoms with Gasteiger partial charge < -0.3 is 29.4 Å². The van der Waals surface area contributed by atoms with Gasteiger partial charge in [0.15, 0.2) is 0 Å². The van der Waals surface area contributed by atoms with Crippen molar-refractivity contribution in [1.29, 1.82) is 0 Å². The van der Waals surface area contributed by atoms with Crippen LogP contribution in [0.15, 0.2) is 40.5 Å². The Balaban J connectivity index is 0.873. The molecular weight excluding hydrogens is 734 g/mol. The predicted octanol–water partition coefficient (Wildman–Crippen LogP) is 6.43. The number of hydrogen-bond acceptors (Lipinski definition) is 10. The number of nitrogens with one attached hydrogen (secondary N) is 1. The van der Waals surface area contributed by atoms with E-state index >= 15 is 0 Å². The molecule has 2 saturated heterocycles. The number of aryl methyl sites for hydroxylation is 2. The third kappa shape index (κ3) is 10.3. The number of morpholine rings is 1. The number of amides is 2. The molecule has 2 aliphatic rings. The van der Waals surface area contributed by atoms with E-state index in [1.807, 2.05) is 41.2 Å². The van der Waals surface area contributed by atoms with E-state index in [4.69, 9.17) is 21.1 Å². The van der Waals surface area contributed by atoms with Crippen LogP contribution in [0.5, 0.6) is 5.75 Å². The van der Waals surface area contributed by atoms with Crippen LogP contribution in [0.4, 0.5) is 0 Å². The molecule has 53 heavy (non-hydrogen) atoms. The normalized spacial score (nSPS) is 16.1. The molecular formula is C39H50ClN5O6S2. The van der Waals surface area contributed by atoms with Crippen LogP contribution in [0.1, 0.15) is 77.6 Å². The lowest BCUT2D eigenvalue weighted by molar-refractivity contribution is -0.132. The Labute approximate surface area is 323 Å². The van der Waals surface area contributed by atoms with Crippen LogP contribution >= 0.6 is 34.3 Å². The third-order valence-corrected chi connectivity index (χ3v) is 12.5. The van der Waals surface area contributed by atoms with Crippen LogP contribution in [0, 0.1) is 6.92 Å². The van der Waals surface area contributed by atoms with Gasteiger partial charge in [0.2, 0.25) is 5.91 Å². The van der Waals surface area contributed by atoms with E-state index in [1.165, 1.54) is 16.9 Å². The van der Waals surface area contributed by atoms with Crippen molar-refractivity contribution in [3.05, 3.63) is 77.8 Å². The number of fused-ring (bicyclic) bond motifs is 1. The fourth-order valence-corrected chi connectivity index (χ4v) is 9.06. The summed E-state index contributed by atoms with van der Waals surface area (Å²) in [5.74, 6) is 0.196. The molecule has 2 fully saturated rings. The zero-order valence-electron chi connectivity index (χ0n) is 30.7. The Morgan fingerprint density at radius 1 is 1.09 bits per heavy atom. The molecule has 1 spiro atoms. The second-order valence-electron chi connectivity index (χ2n) is 14.1. The molecule has 4 heterocycles. The first-order valence-corrected chi connectivity index (χ1v) is 20.7. The quantitative estimate of drug-likeness (QED) is 0.125. The Hall–Kier alpha value is -3.33. The maximum Gasteiger partial charge on any atom is 0.305 e. The summed E-state index contributed by atoms with van der Waals surface area (Å²) in [5.41, 5.74) is 4.05. The van der Waals surface area contributed by atoms with Crippen LogP contribution in [-0.4, -0.2) is 106 Å². The summed E-state index contributed by atoms with van der Waals surface area (Å²) in [7, 11) is 0. The highest BCUT2D eigenvalue weighted by atomic mass is 35.5. The summed E-state index contributed by atoms with van der Waals surface area (Å²) in [6, 6.07) is 9.73. The lowest BCUT2D eigenvalue weighted by Crippen LogP contribution is -2.58. The summed E-state index contributed by atoms with van der Waals surface area (Å²) in [6.07, 6.45) is 6.38. The molecule has 6 rings (SSSR count). The summed E-state index contributed by atoms with van der Waals surface area (Å²) in [5, 5.41) is 13.5. The molecule has 0 saturated carbocycles. The second-order valence-corrected chi connectivity index (χ2v) is 16.5. The van der Waals surface area contributed by atoms with Crippen LogP contribution in [0.2, 0.25) is 5.02 Å². The van der Waals surface area contributed by atoms with E-state index in [9.17, 15) is 19.5 Å². The highest BCUT2D eigenvalue weighted by Crippen LogP contribution is 2.32. The zero-order chi connectivity index (χ0) is 37.4. The second kappa shape index (κ2) is 18.3. The number of phenols is 1. The molecule has 0 unspecified atom stereocenters. The number of piperidine rings is 1. The van der Waals surface area contributed by atoms with Gasteiger partial charge >= 0.3 is 4.87 Å². The number of likely N-dealkylation sites (tertiary alicyclic amines) is 1. The van der Waals surface area contributed by atoms with Crippen LogP contribution in [0.25, 0.3) is 10.2 Å². The maximum absolute atomic E-state index is 13.1. The molecule has 0 atom stereocenters. The van der Waals surface area contributed by atoms with E-state index in [0.717, 1.165) is 95.4 Å². The minimum Gasteiger partial charge on any atom is -0.506 e. The lowest BCUT2D eigenvalue weighted by Gasteiger charge is -2.47. The molecule has 2 aliphatic heterocycles. The molecule has 2 amide bonds. The molecule has 0 bridgehead atoms. The number of rotatable bonds is 16. The molecule has 2 aromatic heterocycles. The molecule has 286 valence electrons. The number of carbonyl (C=O) groups is 2. The number of unbranched alkanes of at least 4 members (excludes halogenated alkanes) is 2.